The highest BCUT2D eigenvalue weighted by Gasteiger charge is 2.06. The number of aromatic carboxylic acids is 1. The highest BCUT2D eigenvalue weighted by Crippen LogP contribution is 2.15. The van der Waals surface area contributed by atoms with Gasteiger partial charge in [-0.15, -0.1) is 0 Å². The van der Waals surface area contributed by atoms with Gasteiger partial charge in [0.2, 0.25) is 0 Å². The standard InChI is InChI=1S/C10H11ClN2O2/c1-12-4-2-3-7-5-8(10(14)15)6-13-9(7)11/h2-3,5-6,12H,4H2,1H3,(H,14,15). The third kappa shape index (κ3) is 3.34. The zero-order valence-electron chi connectivity index (χ0n) is 8.20. The minimum atomic E-state index is -1.01. The molecule has 0 aromatic carbocycles. The van der Waals surface area contributed by atoms with Crippen molar-refractivity contribution in [2.24, 2.45) is 0 Å². The zero-order valence-corrected chi connectivity index (χ0v) is 8.95. The largest absolute Gasteiger partial charge is 0.478 e. The van der Waals surface area contributed by atoms with Gasteiger partial charge in [0.25, 0.3) is 0 Å². The van der Waals surface area contributed by atoms with Crippen molar-refractivity contribution in [3.8, 4) is 0 Å². The molecule has 1 aromatic heterocycles. The molecular formula is C10H11ClN2O2. The number of carbonyl (C=O) groups is 1. The van der Waals surface area contributed by atoms with E-state index in [0.717, 1.165) is 0 Å². The van der Waals surface area contributed by atoms with Gasteiger partial charge < -0.3 is 10.4 Å². The minimum Gasteiger partial charge on any atom is -0.478 e. The molecule has 0 aliphatic rings. The van der Waals surface area contributed by atoms with E-state index in [4.69, 9.17) is 16.7 Å². The van der Waals surface area contributed by atoms with Gasteiger partial charge in [-0.2, -0.15) is 0 Å². The summed E-state index contributed by atoms with van der Waals surface area (Å²) in [4.78, 5) is 14.5. The Hall–Kier alpha value is -1.39. The van der Waals surface area contributed by atoms with Crippen molar-refractivity contribution in [3.63, 3.8) is 0 Å². The van der Waals surface area contributed by atoms with Crippen LogP contribution in [0.3, 0.4) is 0 Å². The normalized spacial score (nSPS) is 10.8. The molecule has 0 radical (unpaired) electrons. The molecule has 1 aromatic rings. The van der Waals surface area contributed by atoms with E-state index < -0.39 is 5.97 Å². The van der Waals surface area contributed by atoms with Crippen molar-refractivity contribution in [2.75, 3.05) is 13.6 Å². The summed E-state index contributed by atoms with van der Waals surface area (Å²) < 4.78 is 0. The van der Waals surface area contributed by atoms with Crippen LogP contribution in [0.4, 0.5) is 0 Å². The van der Waals surface area contributed by atoms with Gasteiger partial charge in [0.1, 0.15) is 5.15 Å². The number of hydrogen-bond donors (Lipinski definition) is 2. The predicted molar refractivity (Wildman–Crippen MR) is 59.2 cm³/mol. The second kappa shape index (κ2) is 5.48. The van der Waals surface area contributed by atoms with Crippen molar-refractivity contribution in [1.29, 1.82) is 0 Å². The lowest BCUT2D eigenvalue weighted by atomic mass is 10.2. The number of nitrogens with one attached hydrogen (secondary N) is 1. The van der Waals surface area contributed by atoms with Crippen molar-refractivity contribution in [1.82, 2.24) is 10.3 Å². The molecule has 0 saturated carbocycles. The summed E-state index contributed by atoms with van der Waals surface area (Å²) >= 11 is 5.80. The lowest BCUT2D eigenvalue weighted by Gasteiger charge is -1.99. The molecule has 0 atom stereocenters. The summed E-state index contributed by atoms with van der Waals surface area (Å²) in [5.41, 5.74) is 0.732. The average Bonchev–Trinajstić information content (AvgIpc) is 2.20. The summed E-state index contributed by atoms with van der Waals surface area (Å²) in [6.45, 7) is 0.688. The Morgan fingerprint density at radius 3 is 3.07 bits per heavy atom. The maximum atomic E-state index is 10.7. The van der Waals surface area contributed by atoms with Crippen LogP contribution in [0.25, 0.3) is 6.08 Å². The smallest absolute Gasteiger partial charge is 0.337 e. The fourth-order valence-corrected chi connectivity index (χ4v) is 1.17. The highest BCUT2D eigenvalue weighted by molar-refractivity contribution is 6.30. The summed E-state index contributed by atoms with van der Waals surface area (Å²) in [6.07, 6.45) is 4.81. The Morgan fingerprint density at radius 2 is 2.47 bits per heavy atom. The van der Waals surface area contributed by atoms with Gasteiger partial charge in [0, 0.05) is 18.3 Å². The summed E-state index contributed by atoms with van der Waals surface area (Å²) in [5.74, 6) is -1.01. The molecule has 0 aliphatic carbocycles. The van der Waals surface area contributed by atoms with Gasteiger partial charge in [0.15, 0.2) is 0 Å². The molecule has 0 amide bonds. The Kier molecular flexibility index (Phi) is 4.27. The Balaban J connectivity index is 2.95. The van der Waals surface area contributed by atoms with Crippen LogP contribution >= 0.6 is 11.6 Å². The molecule has 15 heavy (non-hydrogen) atoms. The SMILES string of the molecule is CNCC=Cc1cc(C(=O)O)cnc1Cl. The molecule has 1 rings (SSSR count). The number of carboxylic acids is 1. The van der Waals surface area contributed by atoms with Gasteiger partial charge in [-0.05, 0) is 13.1 Å². The first-order chi connectivity index (χ1) is 7.15. The van der Waals surface area contributed by atoms with Crippen molar-refractivity contribution in [2.45, 2.75) is 0 Å². The number of pyridine rings is 1. The molecule has 1 heterocycles. The molecule has 0 spiro atoms. The second-order valence-corrected chi connectivity index (χ2v) is 3.23. The summed E-state index contributed by atoms with van der Waals surface area (Å²) in [7, 11) is 1.82. The van der Waals surface area contributed by atoms with Crippen LogP contribution in [0.15, 0.2) is 18.3 Å². The maximum Gasteiger partial charge on any atom is 0.337 e. The molecule has 0 unspecified atom stereocenters. The number of halogens is 1. The fourth-order valence-electron chi connectivity index (χ4n) is 1.00. The van der Waals surface area contributed by atoms with Gasteiger partial charge >= 0.3 is 5.97 Å². The molecule has 0 aliphatic heterocycles. The van der Waals surface area contributed by atoms with Crippen LogP contribution < -0.4 is 5.32 Å². The van der Waals surface area contributed by atoms with Crippen LogP contribution in [-0.4, -0.2) is 29.7 Å². The van der Waals surface area contributed by atoms with Crippen molar-refractivity contribution >= 4 is 23.6 Å². The molecule has 0 bridgehead atoms. The first-order valence-electron chi connectivity index (χ1n) is 4.35. The minimum absolute atomic E-state index is 0.128. The fraction of sp³-hybridized carbons (Fsp3) is 0.200. The number of rotatable bonds is 4. The van der Waals surface area contributed by atoms with E-state index in [1.807, 2.05) is 13.1 Å². The van der Waals surface area contributed by atoms with E-state index in [1.54, 1.807) is 6.08 Å². The molecule has 2 N–H and O–H groups in total. The van der Waals surface area contributed by atoms with E-state index in [9.17, 15) is 4.79 Å². The molecule has 0 saturated heterocycles. The van der Waals surface area contributed by atoms with Gasteiger partial charge in [-0.1, -0.05) is 23.8 Å². The first-order valence-corrected chi connectivity index (χ1v) is 4.73. The molecule has 4 nitrogen and oxygen atoms in total. The number of aromatic nitrogens is 1. The molecule has 0 fully saturated rings. The van der Waals surface area contributed by atoms with E-state index in [-0.39, 0.29) is 5.56 Å². The van der Waals surface area contributed by atoms with Gasteiger partial charge in [-0.25, -0.2) is 9.78 Å². The topological polar surface area (TPSA) is 62.2 Å². The zero-order chi connectivity index (χ0) is 11.3. The van der Waals surface area contributed by atoms with Crippen molar-refractivity contribution < 1.29 is 9.90 Å². The predicted octanol–water partition coefficient (Wildman–Crippen LogP) is 1.67. The quantitative estimate of drug-likeness (QED) is 0.767. The Bertz CT molecular complexity index is 391. The highest BCUT2D eigenvalue weighted by atomic mass is 35.5. The van der Waals surface area contributed by atoms with E-state index in [0.29, 0.717) is 17.3 Å². The maximum absolute atomic E-state index is 10.7. The lowest BCUT2D eigenvalue weighted by molar-refractivity contribution is 0.0696. The number of nitrogens with zero attached hydrogens (tertiary/aromatic N) is 1. The van der Waals surface area contributed by atoms with Crippen LogP contribution in [0.5, 0.6) is 0 Å². The molecule has 80 valence electrons. The van der Waals surface area contributed by atoms with Gasteiger partial charge in [0.05, 0.1) is 5.56 Å². The van der Waals surface area contributed by atoms with Gasteiger partial charge in [-0.3, -0.25) is 0 Å². The van der Waals surface area contributed by atoms with E-state index in [2.05, 4.69) is 10.3 Å². The second-order valence-electron chi connectivity index (χ2n) is 2.87. The Morgan fingerprint density at radius 1 is 1.73 bits per heavy atom. The third-order valence-electron chi connectivity index (χ3n) is 1.73. The van der Waals surface area contributed by atoms with Crippen LogP contribution in [-0.2, 0) is 0 Å². The van der Waals surface area contributed by atoms with Crippen molar-refractivity contribution in [3.05, 3.63) is 34.6 Å². The first kappa shape index (κ1) is 11.7. The van der Waals surface area contributed by atoms with Crippen LogP contribution in [0.1, 0.15) is 15.9 Å². The monoisotopic (exact) mass is 226 g/mol. The summed E-state index contributed by atoms with van der Waals surface area (Å²) in [5, 5.41) is 12.0. The lowest BCUT2D eigenvalue weighted by Crippen LogP contribution is -2.04. The van der Waals surface area contributed by atoms with Crippen LogP contribution in [0.2, 0.25) is 5.15 Å². The summed E-state index contributed by atoms with van der Waals surface area (Å²) in [6, 6.07) is 1.49. The average molecular weight is 227 g/mol. The van der Waals surface area contributed by atoms with Crippen LogP contribution in [0, 0.1) is 0 Å². The number of likely N-dealkylation sites (N-methyl/N-ethyl adjacent to an activating group) is 1. The third-order valence-corrected chi connectivity index (χ3v) is 2.05. The Labute approximate surface area is 92.6 Å². The number of carboxylic acid groups (broad SMARTS) is 1. The van der Waals surface area contributed by atoms with E-state index in [1.165, 1.54) is 12.3 Å². The number of hydrogen-bond acceptors (Lipinski definition) is 3. The molecule has 5 heteroatoms. The molecular weight excluding hydrogens is 216 g/mol. The van der Waals surface area contributed by atoms with E-state index >= 15 is 0 Å².